The fourth-order valence-electron chi connectivity index (χ4n) is 4.11. The summed E-state index contributed by atoms with van der Waals surface area (Å²) < 4.78 is 5.87. The third-order valence-corrected chi connectivity index (χ3v) is 6.43. The van der Waals surface area contributed by atoms with Crippen molar-refractivity contribution in [1.82, 2.24) is 0 Å². The van der Waals surface area contributed by atoms with Gasteiger partial charge in [0.05, 0.1) is 17.7 Å². The molecule has 3 heteroatoms. The number of phenols is 1. The molecule has 0 aliphatic carbocycles. The SMILES string of the molecule is CC#Cc1cc(OCCC)c(C#Cc2ccc(C#Cc3ccc(C#Cc4ccc(NCCC)cc4)cc3C)cc2)cc1O. The summed E-state index contributed by atoms with van der Waals surface area (Å²) in [6.07, 6.45) is 1.97. The Kier molecular flexibility index (Phi) is 11.0. The molecule has 4 rings (SSSR count). The van der Waals surface area contributed by atoms with E-state index in [1.807, 2.05) is 55.5 Å². The van der Waals surface area contributed by atoms with E-state index in [0.717, 1.165) is 58.5 Å². The second-order valence-electron chi connectivity index (χ2n) is 9.95. The van der Waals surface area contributed by atoms with Crippen LogP contribution in [0.15, 0.2) is 78.9 Å². The molecule has 0 radical (unpaired) electrons. The van der Waals surface area contributed by atoms with Crippen molar-refractivity contribution in [3.05, 3.63) is 123 Å². The molecule has 0 bridgehead atoms. The average molecular weight is 562 g/mol. The highest BCUT2D eigenvalue weighted by Gasteiger charge is 2.08. The number of rotatable bonds is 6. The van der Waals surface area contributed by atoms with E-state index in [0.29, 0.717) is 23.5 Å². The fraction of sp³-hybridized carbons (Fsp3) is 0.200. The van der Waals surface area contributed by atoms with Crippen LogP contribution in [-0.4, -0.2) is 18.3 Å². The van der Waals surface area contributed by atoms with Crippen molar-refractivity contribution in [1.29, 1.82) is 0 Å². The molecule has 4 aromatic carbocycles. The Bertz CT molecular complexity index is 1820. The van der Waals surface area contributed by atoms with Crippen molar-refractivity contribution >= 4 is 5.69 Å². The lowest BCUT2D eigenvalue weighted by molar-refractivity contribution is 0.316. The Morgan fingerprint density at radius 2 is 1.21 bits per heavy atom. The van der Waals surface area contributed by atoms with Crippen molar-refractivity contribution in [2.45, 2.75) is 40.5 Å². The molecule has 43 heavy (non-hydrogen) atoms. The molecule has 212 valence electrons. The van der Waals surface area contributed by atoms with Crippen molar-refractivity contribution in [3.63, 3.8) is 0 Å². The predicted molar refractivity (Wildman–Crippen MR) is 177 cm³/mol. The Hall–Kier alpha value is -5.48. The van der Waals surface area contributed by atoms with Gasteiger partial charge in [0.1, 0.15) is 11.5 Å². The van der Waals surface area contributed by atoms with Gasteiger partial charge in [0.15, 0.2) is 0 Å². The van der Waals surface area contributed by atoms with E-state index in [-0.39, 0.29) is 5.75 Å². The zero-order valence-corrected chi connectivity index (χ0v) is 25.2. The highest BCUT2D eigenvalue weighted by Crippen LogP contribution is 2.27. The maximum Gasteiger partial charge on any atom is 0.136 e. The first-order valence-corrected chi connectivity index (χ1v) is 14.5. The lowest BCUT2D eigenvalue weighted by Gasteiger charge is -2.09. The Morgan fingerprint density at radius 3 is 1.81 bits per heavy atom. The number of hydrogen-bond donors (Lipinski definition) is 2. The number of ether oxygens (including phenoxy) is 1. The number of nitrogens with one attached hydrogen (secondary N) is 1. The van der Waals surface area contributed by atoms with Gasteiger partial charge in [-0.2, -0.15) is 0 Å². The summed E-state index contributed by atoms with van der Waals surface area (Å²) >= 11 is 0. The summed E-state index contributed by atoms with van der Waals surface area (Å²) in [5.74, 6) is 25.8. The van der Waals surface area contributed by atoms with E-state index in [9.17, 15) is 5.11 Å². The van der Waals surface area contributed by atoms with Gasteiger partial charge in [0, 0.05) is 52.2 Å². The van der Waals surface area contributed by atoms with E-state index in [1.54, 1.807) is 19.1 Å². The lowest BCUT2D eigenvalue weighted by Crippen LogP contribution is -1.98. The molecule has 0 atom stereocenters. The molecule has 0 aliphatic rings. The topological polar surface area (TPSA) is 41.5 Å². The minimum atomic E-state index is 0.0914. The number of aryl methyl sites for hydroxylation is 1. The van der Waals surface area contributed by atoms with Crippen LogP contribution in [0.2, 0.25) is 0 Å². The Morgan fingerprint density at radius 1 is 0.628 bits per heavy atom. The molecule has 3 nitrogen and oxygen atoms in total. The predicted octanol–water partition coefficient (Wildman–Crippen LogP) is 7.88. The first-order valence-electron chi connectivity index (χ1n) is 14.5. The van der Waals surface area contributed by atoms with Crippen LogP contribution in [0.25, 0.3) is 0 Å². The summed E-state index contributed by atoms with van der Waals surface area (Å²) in [6.45, 7) is 9.51. The van der Waals surface area contributed by atoms with Crippen molar-refractivity contribution < 1.29 is 9.84 Å². The molecular formula is C40H35NO2. The number of aromatic hydroxyl groups is 1. The summed E-state index contributed by atoms with van der Waals surface area (Å²) in [6, 6.07) is 25.5. The number of phenolic OH excluding ortho intramolecular Hbond substituents is 1. The maximum absolute atomic E-state index is 10.3. The lowest BCUT2D eigenvalue weighted by atomic mass is 10.0. The number of anilines is 1. The Balaban J connectivity index is 1.44. The molecule has 0 heterocycles. The van der Waals surface area contributed by atoms with Gasteiger partial charge in [-0.05, 0) is 99.0 Å². The maximum atomic E-state index is 10.3. The van der Waals surface area contributed by atoms with Crippen LogP contribution in [0.3, 0.4) is 0 Å². The van der Waals surface area contributed by atoms with Gasteiger partial charge in [-0.15, -0.1) is 5.92 Å². The zero-order chi connectivity index (χ0) is 30.4. The average Bonchev–Trinajstić information content (AvgIpc) is 3.02. The highest BCUT2D eigenvalue weighted by molar-refractivity contribution is 5.59. The van der Waals surface area contributed by atoms with Gasteiger partial charge in [-0.3, -0.25) is 0 Å². The minimum Gasteiger partial charge on any atom is -0.507 e. The van der Waals surface area contributed by atoms with Crippen LogP contribution in [0, 0.1) is 54.3 Å². The van der Waals surface area contributed by atoms with E-state index >= 15 is 0 Å². The summed E-state index contributed by atoms with van der Waals surface area (Å²) in [5.41, 5.74) is 8.01. The summed E-state index contributed by atoms with van der Waals surface area (Å²) in [4.78, 5) is 0. The van der Waals surface area contributed by atoms with E-state index in [1.165, 1.54) is 0 Å². The van der Waals surface area contributed by atoms with E-state index in [4.69, 9.17) is 4.74 Å². The van der Waals surface area contributed by atoms with Crippen molar-refractivity contribution in [3.8, 4) is 58.9 Å². The molecule has 0 unspecified atom stereocenters. The second kappa shape index (κ2) is 15.5. The number of benzene rings is 4. The Labute approximate surface area is 256 Å². The molecule has 4 aromatic rings. The second-order valence-corrected chi connectivity index (χ2v) is 9.95. The van der Waals surface area contributed by atoms with Gasteiger partial charge in [-0.25, -0.2) is 0 Å². The monoisotopic (exact) mass is 561 g/mol. The van der Waals surface area contributed by atoms with Crippen LogP contribution in [0.4, 0.5) is 5.69 Å². The van der Waals surface area contributed by atoms with Gasteiger partial charge in [-0.1, -0.05) is 55.3 Å². The van der Waals surface area contributed by atoms with Crippen LogP contribution >= 0.6 is 0 Å². The number of hydrogen-bond acceptors (Lipinski definition) is 3. The molecule has 0 spiro atoms. The van der Waals surface area contributed by atoms with Gasteiger partial charge in [0.25, 0.3) is 0 Å². The zero-order valence-electron chi connectivity index (χ0n) is 25.2. The minimum absolute atomic E-state index is 0.0914. The molecule has 0 amide bonds. The smallest absolute Gasteiger partial charge is 0.136 e. The van der Waals surface area contributed by atoms with Gasteiger partial charge < -0.3 is 15.2 Å². The van der Waals surface area contributed by atoms with Gasteiger partial charge in [0.2, 0.25) is 0 Å². The van der Waals surface area contributed by atoms with Crippen molar-refractivity contribution in [2.24, 2.45) is 0 Å². The molecule has 0 saturated carbocycles. The van der Waals surface area contributed by atoms with Gasteiger partial charge >= 0.3 is 0 Å². The standard InChI is InChI=1S/C40H35NO2/c1-5-8-36-29-40(43-26-7-3)37(28-39(36)42)22-16-32-11-9-31(10-12-32)15-20-35-21-17-34(27-30(35)4)14-13-33-18-23-38(24-19-33)41-25-6-2/h9-12,17-19,21,23-24,27-29,41-42H,6-7,25-26H2,1-4H3. The molecular weight excluding hydrogens is 526 g/mol. The quantitative estimate of drug-likeness (QED) is 0.235. The summed E-state index contributed by atoms with van der Waals surface area (Å²) in [5, 5.41) is 13.7. The molecule has 0 aliphatic heterocycles. The molecule has 0 fully saturated rings. The molecule has 0 saturated heterocycles. The van der Waals surface area contributed by atoms with Crippen LogP contribution < -0.4 is 10.1 Å². The third-order valence-electron chi connectivity index (χ3n) is 6.43. The highest BCUT2D eigenvalue weighted by atomic mass is 16.5. The van der Waals surface area contributed by atoms with E-state index in [2.05, 4.69) is 84.7 Å². The largest absolute Gasteiger partial charge is 0.507 e. The fourth-order valence-corrected chi connectivity index (χ4v) is 4.11. The van der Waals surface area contributed by atoms with Crippen LogP contribution in [-0.2, 0) is 0 Å². The normalized spacial score (nSPS) is 9.58. The first kappa shape index (κ1) is 30.5. The summed E-state index contributed by atoms with van der Waals surface area (Å²) in [7, 11) is 0. The van der Waals surface area contributed by atoms with E-state index < -0.39 is 0 Å². The molecule has 2 N–H and O–H groups in total. The third kappa shape index (κ3) is 9.00. The van der Waals surface area contributed by atoms with Crippen molar-refractivity contribution in [2.75, 3.05) is 18.5 Å². The molecule has 0 aromatic heterocycles. The first-order chi connectivity index (χ1) is 21.0. The van der Waals surface area contributed by atoms with Crippen LogP contribution in [0.1, 0.15) is 78.1 Å². The van der Waals surface area contributed by atoms with Crippen LogP contribution in [0.5, 0.6) is 11.5 Å².